The molecular weight excluding hydrogens is 284 g/mol. The summed E-state index contributed by atoms with van der Waals surface area (Å²) < 4.78 is 0. The Bertz CT molecular complexity index is 598. The van der Waals surface area contributed by atoms with Gasteiger partial charge in [0.1, 0.15) is 0 Å². The molecule has 1 aromatic rings. The maximum Gasteiger partial charge on any atom is 0.227 e. The van der Waals surface area contributed by atoms with Crippen LogP contribution in [-0.2, 0) is 4.79 Å². The Morgan fingerprint density at radius 1 is 1.35 bits per heavy atom. The fourth-order valence-corrected chi connectivity index (χ4v) is 4.06. The normalized spacial score (nSPS) is 26.6. The number of nitrogens with zero attached hydrogens (tertiary/aromatic N) is 1. The molecule has 1 aliphatic heterocycles. The van der Waals surface area contributed by atoms with E-state index in [4.69, 9.17) is 0 Å². The van der Waals surface area contributed by atoms with Crippen LogP contribution in [0.15, 0.2) is 31.0 Å². The predicted molar refractivity (Wildman–Crippen MR) is 94.2 cm³/mol. The topological polar surface area (TPSA) is 32.3 Å². The molecule has 2 fully saturated rings. The summed E-state index contributed by atoms with van der Waals surface area (Å²) in [4.78, 5) is 14.7. The van der Waals surface area contributed by atoms with Crippen LogP contribution in [0.25, 0.3) is 0 Å². The molecule has 0 bridgehead atoms. The summed E-state index contributed by atoms with van der Waals surface area (Å²) in [5.41, 5.74) is 4.20. The number of amides is 1. The molecule has 3 nitrogen and oxygen atoms in total. The van der Waals surface area contributed by atoms with Gasteiger partial charge in [0, 0.05) is 19.6 Å². The van der Waals surface area contributed by atoms with E-state index in [2.05, 4.69) is 55.8 Å². The minimum absolute atomic E-state index is 0.0746. The average molecular weight is 312 g/mol. The van der Waals surface area contributed by atoms with Gasteiger partial charge in [0.25, 0.3) is 0 Å². The van der Waals surface area contributed by atoms with Crippen LogP contribution in [0.3, 0.4) is 0 Å². The minimum Gasteiger partial charge on any atom is -0.391 e. The Labute approximate surface area is 139 Å². The third-order valence-electron chi connectivity index (χ3n) is 5.77. The van der Waals surface area contributed by atoms with Crippen molar-refractivity contribution in [3.8, 4) is 0 Å². The second-order valence-corrected chi connectivity index (χ2v) is 7.16. The van der Waals surface area contributed by atoms with Gasteiger partial charge in [-0.05, 0) is 60.9 Å². The SMILES string of the molecule is C=CNCC(CC)C(=O)N1CC2C(C1)C2c1ccc(C)c(C)c1. The molecular formula is C20H28N2O. The molecule has 1 aliphatic carbocycles. The van der Waals surface area contributed by atoms with Gasteiger partial charge in [-0.15, -0.1) is 0 Å². The number of piperidine rings is 1. The molecule has 3 heteroatoms. The van der Waals surface area contributed by atoms with Crippen LogP contribution >= 0.6 is 0 Å². The van der Waals surface area contributed by atoms with Crippen molar-refractivity contribution < 1.29 is 4.79 Å². The maximum absolute atomic E-state index is 12.6. The highest BCUT2D eigenvalue weighted by Gasteiger charge is 2.57. The number of hydrogen-bond acceptors (Lipinski definition) is 2. The molecule has 3 rings (SSSR count). The van der Waals surface area contributed by atoms with Crippen molar-refractivity contribution in [2.24, 2.45) is 17.8 Å². The first kappa shape index (κ1) is 16.1. The summed E-state index contributed by atoms with van der Waals surface area (Å²) in [6.45, 7) is 12.7. The van der Waals surface area contributed by atoms with Gasteiger partial charge >= 0.3 is 0 Å². The minimum atomic E-state index is 0.0746. The van der Waals surface area contributed by atoms with Crippen molar-refractivity contribution in [2.45, 2.75) is 33.1 Å². The van der Waals surface area contributed by atoms with Crippen molar-refractivity contribution in [3.05, 3.63) is 47.7 Å². The monoisotopic (exact) mass is 312 g/mol. The van der Waals surface area contributed by atoms with E-state index in [1.165, 1.54) is 16.7 Å². The summed E-state index contributed by atoms with van der Waals surface area (Å²) in [6, 6.07) is 6.85. The highest BCUT2D eigenvalue weighted by atomic mass is 16.2. The number of nitrogens with one attached hydrogen (secondary N) is 1. The maximum atomic E-state index is 12.6. The molecule has 1 aromatic carbocycles. The highest BCUT2D eigenvalue weighted by Crippen LogP contribution is 2.58. The first-order valence-electron chi connectivity index (χ1n) is 8.77. The second kappa shape index (κ2) is 6.38. The fourth-order valence-electron chi connectivity index (χ4n) is 4.06. The zero-order valence-electron chi connectivity index (χ0n) is 14.5. The molecule has 124 valence electrons. The quantitative estimate of drug-likeness (QED) is 0.874. The molecule has 3 unspecified atom stereocenters. The first-order chi connectivity index (χ1) is 11.1. The summed E-state index contributed by atoms with van der Waals surface area (Å²) in [5.74, 6) is 2.40. The Kier molecular flexibility index (Phi) is 4.47. The van der Waals surface area contributed by atoms with Gasteiger partial charge in [-0.1, -0.05) is 31.7 Å². The third kappa shape index (κ3) is 3.01. The predicted octanol–water partition coefficient (Wildman–Crippen LogP) is 3.23. The van der Waals surface area contributed by atoms with E-state index in [1.54, 1.807) is 6.20 Å². The van der Waals surface area contributed by atoms with Crippen LogP contribution in [-0.4, -0.2) is 30.4 Å². The van der Waals surface area contributed by atoms with Gasteiger partial charge in [0.15, 0.2) is 0 Å². The first-order valence-corrected chi connectivity index (χ1v) is 8.77. The van der Waals surface area contributed by atoms with Crippen LogP contribution < -0.4 is 5.32 Å². The van der Waals surface area contributed by atoms with Crippen molar-refractivity contribution >= 4 is 5.91 Å². The Balaban J connectivity index is 1.59. The number of rotatable bonds is 6. The summed E-state index contributed by atoms with van der Waals surface area (Å²) in [7, 11) is 0. The molecule has 0 aromatic heterocycles. The molecule has 1 saturated carbocycles. The lowest BCUT2D eigenvalue weighted by Crippen LogP contribution is -2.39. The van der Waals surface area contributed by atoms with Crippen LogP contribution in [0.5, 0.6) is 0 Å². The smallest absolute Gasteiger partial charge is 0.227 e. The Morgan fingerprint density at radius 3 is 2.61 bits per heavy atom. The molecule has 0 radical (unpaired) electrons. The lowest BCUT2D eigenvalue weighted by Gasteiger charge is -2.25. The second-order valence-electron chi connectivity index (χ2n) is 7.16. The average Bonchev–Trinajstić information content (AvgIpc) is 3.04. The molecule has 1 N–H and O–H groups in total. The van der Waals surface area contributed by atoms with Crippen LogP contribution in [0.2, 0.25) is 0 Å². The van der Waals surface area contributed by atoms with Crippen molar-refractivity contribution in [1.29, 1.82) is 0 Å². The number of hydrogen-bond donors (Lipinski definition) is 1. The number of fused-ring (bicyclic) bond motifs is 1. The summed E-state index contributed by atoms with van der Waals surface area (Å²) >= 11 is 0. The summed E-state index contributed by atoms with van der Waals surface area (Å²) in [6.07, 6.45) is 2.55. The Hall–Kier alpha value is -1.77. The highest BCUT2D eigenvalue weighted by molar-refractivity contribution is 5.79. The molecule has 23 heavy (non-hydrogen) atoms. The van der Waals surface area contributed by atoms with E-state index in [0.717, 1.165) is 19.5 Å². The van der Waals surface area contributed by atoms with Gasteiger partial charge in [-0.25, -0.2) is 0 Å². The van der Waals surface area contributed by atoms with Gasteiger partial charge < -0.3 is 10.2 Å². The standard InChI is InChI=1S/C20H28N2O/c1-5-15(10-21-6-2)20(23)22-11-17-18(12-22)19(17)16-8-7-13(3)14(4)9-16/h6-9,15,17-19,21H,2,5,10-12H2,1,3-4H3. The van der Waals surface area contributed by atoms with Gasteiger partial charge in [-0.2, -0.15) is 0 Å². The van der Waals surface area contributed by atoms with Crippen molar-refractivity contribution in [2.75, 3.05) is 19.6 Å². The molecule has 2 aliphatic rings. The fraction of sp³-hybridized carbons (Fsp3) is 0.550. The van der Waals surface area contributed by atoms with E-state index < -0.39 is 0 Å². The van der Waals surface area contributed by atoms with Gasteiger partial charge in [0.05, 0.1) is 5.92 Å². The Morgan fingerprint density at radius 2 is 2.04 bits per heavy atom. The summed E-state index contributed by atoms with van der Waals surface area (Å²) in [5, 5.41) is 3.09. The van der Waals surface area contributed by atoms with Crippen LogP contribution in [0.1, 0.15) is 36.0 Å². The largest absolute Gasteiger partial charge is 0.391 e. The van der Waals surface area contributed by atoms with E-state index in [0.29, 0.717) is 30.2 Å². The molecule has 1 amide bonds. The zero-order chi connectivity index (χ0) is 16.6. The van der Waals surface area contributed by atoms with Crippen LogP contribution in [0, 0.1) is 31.6 Å². The molecule has 3 atom stereocenters. The van der Waals surface area contributed by atoms with E-state index >= 15 is 0 Å². The van der Waals surface area contributed by atoms with Gasteiger partial charge in [0.2, 0.25) is 5.91 Å². The van der Waals surface area contributed by atoms with E-state index in [9.17, 15) is 4.79 Å². The number of benzene rings is 1. The van der Waals surface area contributed by atoms with E-state index in [1.807, 2.05) is 0 Å². The number of carbonyl (C=O) groups excluding carboxylic acids is 1. The number of aryl methyl sites for hydroxylation is 2. The molecule has 1 saturated heterocycles. The van der Waals surface area contributed by atoms with Crippen LogP contribution in [0.4, 0.5) is 0 Å². The van der Waals surface area contributed by atoms with E-state index in [-0.39, 0.29) is 5.92 Å². The zero-order valence-corrected chi connectivity index (χ0v) is 14.5. The third-order valence-corrected chi connectivity index (χ3v) is 5.77. The lowest BCUT2D eigenvalue weighted by atomic mass is 10.0. The molecule has 1 heterocycles. The lowest BCUT2D eigenvalue weighted by molar-refractivity contribution is -0.135. The molecule has 0 spiro atoms. The number of likely N-dealkylation sites (tertiary alicyclic amines) is 1. The van der Waals surface area contributed by atoms with Gasteiger partial charge in [-0.3, -0.25) is 4.79 Å². The van der Waals surface area contributed by atoms with Crippen molar-refractivity contribution in [1.82, 2.24) is 10.2 Å². The van der Waals surface area contributed by atoms with Crippen molar-refractivity contribution in [3.63, 3.8) is 0 Å². The number of carbonyl (C=O) groups is 1.